The summed E-state index contributed by atoms with van der Waals surface area (Å²) >= 11 is 0. The Bertz CT molecular complexity index is 247. The normalized spacial score (nSPS) is 16.3. The molecule has 0 aromatic carbocycles. The molecule has 0 aliphatic carbocycles. The van der Waals surface area contributed by atoms with Gasteiger partial charge in [0.15, 0.2) is 0 Å². The maximum atomic E-state index is 6.26. The molecule has 2 N–H and O–H groups in total. The van der Waals surface area contributed by atoms with E-state index >= 15 is 0 Å². The van der Waals surface area contributed by atoms with Gasteiger partial charge in [0.1, 0.15) is 0 Å². The van der Waals surface area contributed by atoms with E-state index in [1.54, 1.807) is 0 Å². The van der Waals surface area contributed by atoms with Crippen molar-refractivity contribution < 1.29 is 4.74 Å². The summed E-state index contributed by atoms with van der Waals surface area (Å²) in [6.45, 7) is 17.0. The van der Waals surface area contributed by atoms with Crippen molar-refractivity contribution in [3.63, 3.8) is 0 Å². The van der Waals surface area contributed by atoms with Crippen LogP contribution in [0.3, 0.4) is 0 Å². The fourth-order valence-electron chi connectivity index (χ4n) is 1.73. The predicted octanol–water partition coefficient (Wildman–Crippen LogP) is 3.68. The Morgan fingerprint density at radius 1 is 1.29 bits per heavy atom. The van der Waals surface area contributed by atoms with Gasteiger partial charge in [0.2, 0.25) is 0 Å². The molecular weight excluding hydrogens is 210 g/mol. The second-order valence-electron chi connectivity index (χ2n) is 5.01. The van der Waals surface area contributed by atoms with Crippen LogP contribution in [0.1, 0.15) is 47.0 Å². The molecular formula is C15H29NO. The summed E-state index contributed by atoms with van der Waals surface area (Å²) in [7, 11) is 0. The van der Waals surface area contributed by atoms with Crippen molar-refractivity contribution in [3.05, 3.63) is 24.3 Å². The molecule has 0 aromatic heterocycles. The molecule has 0 spiro atoms. The van der Waals surface area contributed by atoms with E-state index in [0.29, 0.717) is 12.5 Å². The summed E-state index contributed by atoms with van der Waals surface area (Å²) in [5.41, 5.74) is 8.40. The Morgan fingerprint density at radius 2 is 1.88 bits per heavy atom. The quantitative estimate of drug-likeness (QED) is 0.623. The Balaban J connectivity index is 4.46. The molecule has 0 aromatic rings. The lowest BCUT2D eigenvalue weighted by atomic mass is 9.89. The molecule has 0 amide bonds. The molecule has 3 atom stereocenters. The van der Waals surface area contributed by atoms with E-state index in [4.69, 9.17) is 10.5 Å². The second-order valence-corrected chi connectivity index (χ2v) is 5.01. The molecule has 1 unspecified atom stereocenters. The number of hydrogen-bond donors (Lipinski definition) is 1. The first-order valence-corrected chi connectivity index (χ1v) is 6.64. The maximum Gasteiger partial charge on any atom is 0.0768 e. The average Bonchev–Trinajstić information content (AvgIpc) is 2.31. The van der Waals surface area contributed by atoms with Gasteiger partial charge in [-0.05, 0) is 25.7 Å². The van der Waals surface area contributed by atoms with Crippen LogP contribution in [0.5, 0.6) is 0 Å². The molecule has 100 valence electrons. The smallest absolute Gasteiger partial charge is 0.0768 e. The first kappa shape index (κ1) is 16.4. The van der Waals surface area contributed by atoms with Crippen molar-refractivity contribution in [2.75, 3.05) is 6.61 Å². The predicted molar refractivity (Wildman–Crippen MR) is 76.0 cm³/mol. The summed E-state index contributed by atoms with van der Waals surface area (Å²) in [6.07, 6.45) is 3.19. The zero-order chi connectivity index (χ0) is 13.4. The number of ether oxygens (including phenoxy) is 1. The number of hydrogen-bond acceptors (Lipinski definition) is 2. The first-order valence-electron chi connectivity index (χ1n) is 6.64. The molecule has 2 nitrogen and oxygen atoms in total. The third-order valence-corrected chi connectivity index (χ3v) is 3.19. The van der Waals surface area contributed by atoms with Gasteiger partial charge < -0.3 is 10.5 Å². The minimum Gasteiger partial charge on any atom is -0.372 e. The Labute approximate surface area is 107 Å². The van der Waals surface area contributed by atoms with Crippen molar-refractivity contribution in [1.29, 1.82) is 0 Å². The highest BCUT2D eigenvalue weighted by atomic mass is 16.5. The summed E-state index contributed by atoms with van der Waals surface area (Å²) in [5.74, 6) is 0.456. The second kappa shape index (κ2) is 8.48. The third-order valence-electron chi connectivity index (χ3n) is 3.19. The highest BCUT2D eigenvalue weighted by Gasteiger charge is 2.22. The lowest BCUT2D eigenvalue weighted by Crippen LogP contribution is -2.40. The van der Waals surface area contributed by atoms with E-state index < -0.39 is 0 Å². The zero-order valence-electron chi connectivity index (χ0n) is 12.0. The van der Waals surface area contributed by atoms with Crippen molar-refractivity contribution >= 4 is 0 Å². The Hall–Kier alpha value is -0.600. The molecule has 0 saturated heterocycles. The average molecular weight is 239 g/mol. The molecule has 0 heterocycles. The number of nitrogens with two attached hydrogens (primary N) is 1. The van der Waals surface area contributed by atoms with Gasteiger partial charge in [-0.25, -0.2) is 0 Å². The lowest BCUT2D eigenvalue weighted by Gasteiger charge is -2.28. The molecule has 0 bridgehead atoms. The maximum absolute atomic E-state index is 6.26. The summed E-state index contributed by atoms with van der Waals surface area (Å²) < 4.78 is 5.84. The van der Waals surface area contributed by atoms with E-state index in [1.807, 2.05) is 6.92 Å². The van der Waals surface area contributed by atoms with Gasteiger partial charge in [-0.1, -0.05) is 51.5 Å². The van der Waals surface area contributed by atoms with Crippen molar-refractivity contribution in [3.8, 4) is 0 Å². The van der Waals surface area contributed by atoms with E-state index in [1.165, 1.54) is 0 Å². The highest BCUT2D eigenvalue weighted by molar-refractivity contribution is 5.10. The van der Waals surface area contributed by atoms with Crippen LogP contribution in [0.2, 0.25) is 0 Å². The number of rotatable bonds is 9. The van der Waals surface area contributed by atoms with Gasteiger partial charge in [-0.2, -0.15) is 0 Å². The summed E-state index contributed by atoms with van der Waals surface area (Å²) in [5, 5.41) is 0. The molecule has 0 fully saturated rings. The molecule has 0 saturated carbocycles. The third kappa shape index (κ3) is 6.04. The van der Waals surface area contributed by atoms with Crippen LogP contribution in [-0.4, -0.2) is 18.8 Å². The van der Waals surface area contributed by atoms with Gasteiger partial charge in [0.05, 0.1) is 18.8 Å². The van der Waals surface area contributed by atoms with Gasteiger partial charge in [-0.15, -0.1) is 0 Å². The van der Waals surface area contributed by atoms with Crippen LogP contribution in [0.15, 0.2) is 24.3 Å². The van der Waals surface area contributed by atoms with Crippen LogP contribution in [-0.2, 0) is 4.74 Å². The molecule has 2 heteroatoms. The molecule has 0 rings (SSSR count). The van der Waals surface area contributed by atoms with Gasteiger partial charge in [-0.3, -0.25) is 0 Å². The van der Waals surface area contributed by atoms with Crippen molar-refractivity contribution in [2.24, 2.45) is 11.7 Å². The van der Waals surface area contributed by atoms with E-state index in [9.17, 15) is 0 Å². The van der Waals surface area contributed by atoms with Crippen LogP contribution in [0.25, 0.3) is 0 Å². The Kier molecular flexibility index (Phi) is 8.19. The first-order chi connectivity index (χ1) is 7.93. The van der Waals surface area contributed by atoms with Crippen LogP contribution < -0.4 is 5.73 Å². The largest absolute Gasteiger partial charge is 0.372 e. The molecule has 17 heavy (non-hydrogen) atoms. The van der Waals surface area contributed by atoms with E-state index in [0.717, 1.165) is 30.4 Å². The van der Waals surface area contributed by atoms with E-state index in [2.05, 4.69) is 33.9 Å². The molecule has 0 aliphatic heterocycles. The zero-order valence-corrected chi connectivity index (χ0v) is 12.0. The SMILES string of the molecule is C=C(C)CO[C@@H](CCC)[C@H](N)C(=C)C(C)CC. The van der Waals surface area contributed by atoms with Crippen LogP contribution in [0, 0.1) is 5.92 Å². The topological polar surface area (TPSA) is 35.2 Å². The van der Waals surface area contributed by atoms with Crippen molar-refractivity contribution in [2.45, 2.75) is 59.1 Å². The fraction of sp³-hybridized carbons (Fsp3) is 0.733. The summed E-state index contributed by atoms with van der Waals surface area (Å²) in [4.78, 5) is 0. The molecule has 0 aliphatic rings. The molecule has 0 radical (unpaired) electrons. The fourth-order valence-corrected chi connectivity index (χ4v) is 1.73. The van der Waals surface area contributed by atoms with Gasteiger partial charge in [0, 0.05) is 0 Å². The highest BCUT2D eigenvalue weighted by Crippen LogP contribution is 2.20. The standard InChI is InChI=1S/C15H29NO/c1-7-9-14(17-10-11(3)4)15(16)13(6)12(5)8-2/h12,14-15H,3,6-10,16H2,1-2,4-5H3/t12?,14-,15+/m0/s1. The van der Waals surface area contributed by atoms with Crippen molar-refractivity contribution in [1.82, 2.24) is 0 Å². The summed E-state index contributed by atoms with van der Waals surface area (Å²) in [6, 6.07) is -0.0655. The van der Waals surface area contributed by atoms with Crippen LogP contribution >= 0.6 is 0 Å². The van der Waals surface area contributed by atoms with Gasteiger partial charge >= 0.3 is 0 Å². The minimum absolute atomic E-state index is 0.0655. The van der Waals surface area contributed by atoms with E-state index in [-0.39, 0.29) is 12.1 Å². The lowest BCUT2D eigenvalue weighted by molar-refractivity contribution is 0.0499. The van der Waals surface area contributed by atoms with Crippen LogP contribution in [0.4, 0.5) is 0 Å². The monoisotopic (exact) mass is 239 g/mol. The Morgan fingerprint density at radius 3 is 2.29 bits per heavy atom. The van der Waals surface area contributed by atoms with Gasteiger partial charge in [0.25, 0.3) is 0 Å². The minimum atomic E-state index is -0.0655.